The highest BCUT2D eigenvalue weighted by atomic mass is 32.2. The van der Waals surface area contributed by atoms with Crippen LogP contribution in [0.1, 0.15) is 16.8 Å². The van der Waals surface area contributed by atoms with Crippen molar-refractivity contribution in [3.8, 4) is 0 Å². The van der Waals surface area contributed by atoms with Crippen LogP contribution in [0.3, 0.4) is 0 Å². The number of nitrogens with two attached hydrogens (primary N) is 1. The molecule has 1 amide bonds. The molecule has 2 N–H and O–H groups in total. The van der Waals surface area contributed by atoms with Crippen molar-refractivity contribution in [2.45, 2.75) is 17.4 Å². The molecule has 2 rings (SSSR count). The fourth-order valence-electron chi connectivity index (χ4n) is 2.20. The van der Waals surface area contributed by atoms with Crippen molar-refractivity contribution in [3.63, 3.8) is 0 Å². The summed E-state index contributed by atoms with van der Waals surface area (Å²) < 4.78 is 55.1. The normalized spacial score (nSPS) is 19.0. The Bertz CT molecular complexity index is 678. The SMILES string of the molecule is COC1CCN(C(=O)c2cc(F)cc(S(N)(=O)=O)c2F)C1. The summed E-state index contributed by atoms with van der Waals surface area (Å²) in [5.41, 5.74) is -0.657. The van der Waals surface area contributed by atoms with Crippen molar-refractivity contribution in [2.75, 3.05) is 20.2 Å². The molecule has 1 saturated heterocycles. The number of ether oxygens (including phenoxy) is 1. The summed E-state index contributed by atoms with van der Waals surface area (Å²) in [4.78, 5) is 12.4. The Hall–Kier alpha value is -1.58. The molecule has 1 heterocycles. The summed E-state index contributed by atoms with van der Waals surface area (Å²) in [6, 6.07) is 1.11. The summed E-state index contributed by atoms with van der Waals surface area (Å²) in [5.74, 6) is -3.19. The van der Waals surface area contributed by atoms with Gasteiger partial charge in [0.05, 0.1) is 11.7 Å². The van der Waals surface area contributed by atoms with E-state index >= 15 is 0 Å². The molecule has 1 atom stereocenters. The minimum atomic E-state index is -4.46. The van der Waals surface area contributed by atoms with Crippen LogP contribution in [0.2, 0.25) is 0 Å². The van der Waals surface area contributed by atoms with E-state index in [4.69, 9.17) is 9.88 Å². The fourth-order valence-corrected chi connectivity index (χ4v) is 2.84. The number of amides is 1. The summed E-state index contributed by atoms with van der Waals surface area (Å²) >= 11 is 0. The Morgan fingerprint density at radius 1 is 1.43 bits per heavy atom. The van der Waals surface area contributed by atoms with Gasteiger partial charge >= 0.3 is 0 Å². The summed E-state index contributed by atoms with van der Waals surface area (Å²) in [7, 11) is -2.97. The molecule has 9 heteroatoms. The van der Waals surface area contributed by atoms with Crippen molar-refractivity contribution < 1.29 is 26.7 Å². The van der Waals surface area contributed by atoms with Crippen molar-refractivity contribution in [1.82, 2.24) is 4.90 Å². The van der Waals surface area contributed by atoms with Crippen molar-refractivity contribution in [3.05, 3.63) is 29.3 Å². The second-order valence-corrected chi connectivity index (χ2v) is 6.24. The number of carbonyl (C=O) groups is 1. The first kappa shape index (κ1) is 15.8. The molecule has 21 heavy (non-hydrogen) atoms. The molecule has 0 spiro atoms. The van der Waals surface area contributed by atoms with E-state index < -0.39 is 38.0 Å². The van der Waals surface area contributed by atoms with Crippen LogP contribution in [-0.2, 0) is 14.8 Å². The molecular formula is C12H14F2N2O4S. The number of likely N-dealkylation sites (tertiary alicyclic amines) is 1. The van der Waals surface area contributed by atoms with E-state index in [-0.39, 0.29) is 12.6 Å². The highest BCUT2D eigenvalue weighted by Gasteiger charge is 2.30. The molecule has 1 aromatic rings. The number of hydrogen-bond donors (Lipinski definition) is 1. The number of methoxy groups -OCH3 is 1. The monoisotopic (exact) mass is 320 g/mol. The second kappa shape index (κ2) is 5.66. The summed E-state index contributed by atoms with van der Waals surface area (Å²) in [6.45, 7) is 0.550. The maximum atomic E-state index is 14.1. The van der Waals surface area contributed by atoms with E-state index in [1.165, 1.54) is 12.0 Å². The largest absolute Gasteiger partial charge is 0.380 e. The molecule has 116 valence electrons. The van der Waals surface area contributed by atoms with Gasteiger partial charge in [0.1, 0.15) is 10.7 Å². The van der Waals surface area contributed by atoms with Gasteiger partial charge in [0.15, 0.2) is 5.82 Å². The number of benzene rings is 1. The molecule has 1 unspecified atom stereocenters. The lowest BCUT2D eigenvalue weighted by atomic mass is 10.2. The van der Waals surface area contributed by atoms with Gasteiger partial charge in [-0.25, -0.2) is 22.3 Å². The Morgan fingerprint density at radius 3 is 2.62 bits per heavy atom. The number of hydrogen-bond acceptors (Lipinski definition) is 4. The first-order valence-corrected chi connectivity index (χ1v) is 7.62. The summed E-state index contributed by atoms with van der Waals surface area (Å²) in [6.07, 6.45) is 0.393. The third-order valence-electron chi connectivity index (χ3n) is 3.31. The molecule has 0 radical (unpaired) electrons. The number of nitrogens with zero attached hydrogens (tertiary/aromatic N) is 1. The van der Waals surface area contributed by atoms with Gasteiger partial charge in [-0.3, -0.25) is 4.79 Å². The molecular weight excluding hydrogens is 306 g/mol. The van der Waals surface area contributed by atoms with E-state index in [0.717, 1.165) is 0 Å². The van der Waals surface area contributed by atoms with E-state index in [0.29, 0.717) is 25.1 Å². The van der Waals surface area contributed by atoms with E-state index in [1.54, 1.807) is 0 Å². The van der Waals surface area contributed by atoms with Crippen LogP contribution in [0, 0.1) is 11.6 Å². The molecule has 0 aliphatic carbocycles. The minimum absolute atomic E-state index is 0.178. The predicted molar refractivity (Wildman–Crippen MR) is 69.0 cm³/mol. The Balaban J connectivity index is 2.41. The van der Waals surface area contributed by atoms with Gasteiger partial charge in [-0.1, -0.05) is 0 Å². The van der Waals surface area contributed by atoms with Gasteiger partial charge in [-0.2, -0.15) is 0 Å². The van der Waals surface area contributed by atoms with Crippen LogP contribution in [0.25, 0.3) is 0 Å². The molecule has 1 aliphatic heterocycles. The third kappa shape index (κ3) is 3.20. The smallest absolute Gasteiger partial charge is 0.257 e. The average molecular weight is 320 g/mol. The Labute approximate surface area is 120 Å². The van der Waals surface area contributed by atoms with Gasteiger partial charge in [-0.05, 0) is 18.6 Å². The lowest BCUT2D eigenvalue weighted by Gasteiger charge is -2.17. The number of sulfonamides is 1. The zero-order valence-electron chi connectivity index (χ0n) is 11.2. The molecule has 1 fully saturated rings. The van der Waals surface area contributed by atoms with Crippen molar-refractivity contribution >= 4 is 15.9 Å². The van der Waals surface area contributed by atoms with E-state index in [1.807, 2.05) is 0 Å². The Kier molecular flexibility index (Phi) is 4.26. The molecule has 0 aromatic heterocycles. The van der Waals surface area contributed by atoms with Crippen LogP contribution in [0.5, 0.6) is 0 Å². The molecule has 0 bridgehead atoms. The topological polar surface area (TPSA) is 89.7 Å². The lowest BCUT2D eigenvalue weighted by molar-refractivity contribution is 0.0719. The lowest BCUT2D eigenvalue weighted by Crippen LogP contribution is -2.31. The Morgan fingerprint density at radius 2 is 2.10 bits per heavy atom. The zero-order valence-corrected chi connectivity index (χ0v) is 12.0. The first-order valence-electron chi connectivity index (χ1n) is 6.08. The van der Waals surface area contributed by atoms with E-state index in [9.17, 15) is 22.0 Å². The third-order valence-corrected chi connectivity index (χ3v) is 4.22. The maximum Gasteiger partial charge on any atom is 0.257 e. The number of rotatable bonds is 3. The molecule has 1 aliphatic rings. The van der Waals surface area contributed by atoms with Gasteiger partial charge in [0, 0.05) is 20.2 Å². The van der Waals surface area contributed by atoms with Gasteiger partial charge in [-0.15, -0.1) is 0 Å². The van der Waals surface area contributed by atoms with Crippen LogP contribution in [0.4, 0.5) is 8.78 Å². The van der Waals surface area contributed by atoms with Crippen LogP contribution < -0.4 is 5.14 Å². The van der Waals surface area contributed by atoms with Crippen LogP contribution in [-0.4, -0.2) is 45.5 Å². The number of carbonyl (C=O) groups excluding carboxylic acids is 1. The van der Waals surface area contributed by atoms with Crippen LogP contribution in [0.15, 0.2) is 17.0 Å². The van der Waals surface area contributed by atoms with Gasteiger partial charge in [0.2, 0.25) is 10.0 Å². The van der Waals surface area contributed by atoms with Crippen LogP contribution >= 0.6 is 0 Å². The molecule has 0 saturated carbocycles. The first-order chi connectivity index (χ1) is 9.74. The molecule has 1 aromatic carbocycles. The summed E-state index contributed by atoms with van der Waals surface area (Å²) in [5, 5.41) is 4.81. The molecule has 6 nitrogen and oxygen atoms in total. The second-order valence-electron chi connectivity index (χ2n) is 4.71. The minimum Gasteiger partial charge on any atom is -0.380 e. The van der Waals surface area contributed by atoms with Crippen molar-refractivity contribution in [2.24, 2.45) is 5.14 Å². The fraction of sp³-hybridized carbons (Fsp3) is 0.417. The number of primary sulfonamides is 1. The van der Waals surface area contributed by atoms with Gasteiger partial charge in [0.25, 0.3) is 5.91 Å². The highest BCUT2D eigenvalue weighted by molar-refractivity contribution is 7.89. The maximum absolute atomic E-state index is 14.1. The van der Waals surface area contributed by atoms with Crippen molar-refractivity contribution in [1.29, 1.82) is 0 Å². The zero-order chi connectivity index (χ0) is 15.8. The number of halogens is 2. The quantitative estimate of drug-likeness (QED) is 0.877. The average Bonchev–Trinajstić information content (AvgIpc) is 2.87. The predicted octanol–water partition coefficient (Wildman–Crippen LogP) is 0.473. The van der Waals surface area contributed by atoms with E-state index in [2.05, 4.69) is 0 Å². The highest BCUT2D eigenvalue weighted by Crippen LogP contribution is 2.22. The van der Waals surface area contributed by atoms with Gasteiger partial charge < -0.3 is 9.64 Å². The standard InChI is InChI=1S/C12H14F2N2O4S/c1-20-8-2-3-16(6-8)12(17)9-4-7(13)5-10(11(9)14)21(15,18)19/h4-5,8H,2-3,6H2,1H3,(H2,15,18,19).